The summed E-state index contributed by atoms with van der Waals surface area (Å²) in [5.74, 6) is -1.31. The predicted octanol–water partition coefficient (Wildman–Crippen LogP) is 3.25. The molecule has 0 spiro atoms. The zero-order valence-corrected chi connectivity index (χ0v) is 11.9. The van der Waals surface area contributed by atoms with Gasteiger partial charge in [0.2, 0.25) is 0 Å². The van der Waals surface area contributed by atoms with Gasteiger partial charge in [-0.05, 0) is 17.4 Å². The van der Waals surface area contributed by atoms with Gasteiger partial charge in [-0.25, -0.2) is 4.79 Å². The SMILES string of the molecule is CC(C)(C)CCOCc1cccc([N+](=O)[O-])c1C(=O)O. The first-order chi connectivity index (χ1) is 9.22. The fourth-order valence-corrected chi connectivity index (χ4v) is 1.67. The van der Waals surface area contributed by atoms with Crippen LogP contribution in [0.4, 0.5) is 5.69 Å². The number of carboxylic acids is 1. The summed E-state index contributed by atoms with van der Waals surface area (Å²) < 4.78 is 5.44. The summed E-state index contributed by atoms with van der Waals surface area (Å²) in [5.41, 5.74) is -0.263. The Kier molecular flexibility index (Phi) is 5.21. The summed E-state index contributed by atoms with van der Waals surface area (Å²) in [6.45, 7) is 6.76. The number of nitro benzene ring substituents is 1. The van der Waals surface area contributed by atoms with E-state index in [9.17, 15) is 14.9 Å². The standard InChI is InChI=1S/C14H19NO5/c1-14(2,3)7-8-20-9-10-5-4-6-11(15(18)19)12(10)13(16)17/h4-6H,7-9H2,1-3H3,(H,16,17). The van der Waals surface area contributed by atoms with Crippen LogP contribution in [0, 0.1) is 15.5 Å². The molecule has 0 amide bonds. The highest BCUT2D eigenvalue weighted by molar-refractivity contribution is 5.94. The molecule has 6 heteroatoms. The number of nitrogens with zero attached hydrogens (tertiary/aromatic N) is 1. The van der Waals surface area contributed by atoms with Gasteiger partial charge in [-0.3, -0.25) is 10.1 Å². The predicted molar refractivity (Wildman–Crippen MR) is 73.8 cm³/mol. The molecule has 0 atom stereocenters. The lowest BCUT2D eigenvalue weighted by molar-refractivity contribution is -0.385. The van der Waals surface area contributed by atoms with E-state index in [1.807, 2.05) is 0 Å². The molecule has 0 radical (unpaired) electrons. The Labute approximate surface area is 117 Å². The lowest BCUT2D eigenvalue weighted by Gasteiger charge is -2.17. The van der Waals surface area contributed by atoms with Crippen LogP contribution in [0.2, 0.25) is 0 Å². The second kappa shape index (κ2) is 6.47. The van der Waals surface area contributed by atoms with E-state index in [0.29, 0.717) is 12.2 Å². The zero-order valence-electron chi connectivity index (χ0n) is 11.9. The minimum absolute atomic E-state index is 0.0550. The molecule has 0 saturated heterocycles. The van der Waals surface area contributed by atoms with Gasteiger partial charge >= 0.3 is 5.97 Å². The summed E-state index contributed by atoms with van der Waals surface area (Å²) in [6.07, 6.45) is 0.824. The van der Waals surface area contributed by atoms with Gasteiger partial charge in [-0.1, -0.05) is 32.9 Å². The molecule has 0 aliphatic rings. The van der Waals surface area contributed by atoms with Crippen molar-refractivity contribution in [1.29, 1.82) is 0 Å². The normalized spacial score (nSPS) is 11.3. The van der Waals surface area contributed by atoms with Crippen LogP contribution in [0.3, 0.4) is 0 Å². The van der Waals surface area contributed by atoms with Crippen molar-refractivity contribution in [2.24, 2.45) is 5.41 Å². The van der Waals surface area contributed by atoms with Crippen molar-refractivity contribution < 1.29 is 19.6 Å². The van der Waals surface area contributed by atoms with Crippen LogP contribution < -0.4 is 0 Å². The van der Waals surface area contributed by atoms with Gasteiger partial charge in [0.05, 0.1) is 11.5 Å². The van der Waals surface area contributed by atoms with Crippen LogP contribution in [-0.4, -0.2) is 22.6 Å². The van der Waals surface area contributed by atoms with E-state index >= 15 is 0 Å². The molecule has 1 aromatic carbocycles. The van der Waals surface area contributed by atoms with Gasteiger partial charge in [0.1, 0.15) is 5.56 Å². The number of hydrogen-bond acceptors (Lipinski definition) is 4. The Morgan fingerprint density at radius 1 is 1.40 bits per heavy atom. The number of carbonyl (C=O) groups is 1. The van der Waals surface area contributed by atoms with E-state index in [0.717, 1.165) is 6.42 Å². The van der Waals surface area contributed by atoms with Crippen molar-refractivity contribution >= 4 is 11.7 Å². The molecule has 6 nitrogen and oxygen atoms in total. The van der Waals surface area contributed by atoms with Crippen LogP contribution in [-0.2, 0) is 11.3 Å². The van der Waals surface area contributed by atoms with E-state index in [1.54, 1.807) is 0 Å². The molecule has 0 aliphatic heterocycles. The molecule has 1 rings (SSSR count). The van der Waals surface area contributed by atoms with Crippen molar-refractivity contribution in [2.45, 2.75) is 33.8 Å². The first-order valence-corrected chi connectivity index (χ1v) is 6.29. The molecule has 110 valence electrons. The van der Waals surface area contributed by atoms with Crippen LogP contribution in [0.5, 0.6) is 0 Å². The monoisotopic (exact) mass is 281 g/mol. The lowest BCUT2D eigenvalue weighted by atomic mass is 9.93. The first kappa shape index (κ1) is 16.1. The Morgan fingerprint density at radius 2 is 2.05 bits per heavy atom. The highest BCUT2D eigenvalue weighted by atomic mass is 16.6. The number of carboxylic acid groups (broad SMARTS) is 1. The zero-order chi connectivity index (χ0) is 15.3. The van der Waals surface area contributed by atoms with Crippen molar-refractivity contribution in [1.82, 2.24) is 0 Å². The van der Waals surface area contributed by atoms with E-state index in [-0.39, 0.29) is 17.6 Å². The molecule has 0 bridgehead atoms. The smallest absolute Gasteiger partial charge is 0.343 e. The molecular formula is C14H19NO5. The maximum absolute atomic E-state index is 11.2. The average molecular weight is 281 g/mol. The third-order valence-electron chi connectivity index (χ3n) is 2.79. The number of nitro groups is 1. The number of aromatic carboxylic acids is 1. The maximum Gasteiger partial charge on any atom is 0.343 e. The van der Waals surface area contributed by atoms with Gasteiger partial charge < -0.3 is 9.84 Å². The van der Waals surface area contributed by atoms with Gasteiger partial charge in [0.25, 0.3) is 5.69 Å². The van der Waals surface area contributed by atoms with Crippen LogP contribution in [0.25, 0.3) is 0 Å². The number of benzene rings is 1. The fraction of sp³-hybridized carbons (Fsp3) is 0.500. The van der Waals surface area contributed by atoms with Crippen LogP contribution >= 0.6 is 0 Å². The molecule has 0 saturated carbocycles. The van der Waals surface area contributed by atoms with E-state index in [4.69, 9.17) is 9.84 Å². The largest absolute Gasteiger partial charge is 0.477 e. The molecule has 0 aliphatic carbocycles. The minimum atomic E-state index is -1.31. The van der Waals surface area contributed by atoms with Crippen molar-refractivity contribution in [3.8, 4) is 0 Å². The van der Waals surface area contributed by atoms with Gasteiger partial charge in [-0.2, -0.15) is 0 Å². The summed E-state index contributed by atoms with van der Waals surface area (Å²) in [4.78, 5) is 21.3. The van der Waals surface area contributed by atoms with Gasteiger partial charge in [0, 0.05) is 12.7 Å². The van der Waals surface area contributed by atoms with E-state index < -0.39 is 16.6 Å². The maximum atomic E-state index is 11.2. The van der Waals surface area contributed by atoms with Crippen molar-refractivity contribution in [2.75, 3.05) is 6.61 Å². The van der Waals surface area contributed by atoms with Crippen molar-refractivity contribution in [3.63, 3.8) is 0 Å². The number of ether oxygens (including phenoxy) is 1. The molecule has 0 unspecified atom stereocenters. The van der Waals surface area contributed by atoms with E-state index in [1.165, 1.54) is 18.2 Å². The average Bonchev–Trinajstić information content (AvgIpc) is 2.32. The number of hydrogen-bond donors (Lipinski definition) is 1. The van der Waals surface area contributed by atoms with Gasteiger partial charge in [0.15, 0.2) is 0 Å². The highest BCUT2D eigenvalue weighted by Gasteiger charge is 2.23. The summed E-state index contributed by atoms with van der Waals surface area (Å²) in [5, 5.41) is 20.0. The van der Waals surface area contributed by atoms with Gasteiger partial charge in [-0.15, -0.1) is 0 Å². The molecule has 1 aromatic rings. The first-order valence-electron chi connectivity index (χ1n) is 6.29. The van der Waals surface area contributed by atoms with Crippen LogP contribution in [0.15, 0.2) is 18.2 Å². The molecular weight excluding hydrogens is 262 g/mol. The van der Waals surface area contributed by atoms with Crippen molar-refractivity contribution in [3.05, 3.63) is 39.4 Å². The van der Waals surface area contributed by atoms with Crippen LogP contribution in [0.1, 0.15) is 43.1 Å². The third kappa shape index (κ3) is 4.62. The highest BCUT2D eigenvalue weighted by Crippen LogP contribution is 2.24. The summed E-state index contributed by atoms with van der Waals surface area (Å²) in [6, 6.07) is 4.18. The molecule has 20 heavy (non-hydrogen) atoms. The molecule has 0 fully saturated rings. The second-order valence-electron chi connectivity index (χ2n) is 5.74. The minimum Gasteiger partial charge on any atom is -0.477 e. The lowest BCUT2D eigenvalue weighted by Crippen LogP contribution is -2.11. The van der Waals surface area contributed by atoms with E-state index in [2.05, 4.69) is 20.8 Å². The Bertz CT molecular complexity index is 505. The molecule has 1 N–H and O–H groups in total. The Hall–Kier alpha value is -1.95. The Balaban J connectivity index is 2.82. The topological polar surface area (TPSA) is 89.7 Å². The fourth-order valence-electron chi connectivity index (χ4n) is 1.67. The summed E-state index contributed by atoms with van der Waals surface area (Å²) >= 11 is 0. The Morgan fingerprint density at radius 3 is 2.55 bits per heavy atom. The second-order valence-corrected chi connectivity index (χ2v) is 5.74. The number of rotatable bonds is 6. The third-order valence-corrected chi connectivity index (χ3v) is 2.79. The molecule has 0 aromatic heterocycles. The quantitative estimate of drug-likeness (QED) is 0.491. The molecule has 0 heterocycles. The summed E-state index contributed by atoms with van der Waals surface area (Å²) in [7, 11) is 0.